The maximum absolute atomic E-state index is 10.9. The highest BCUT2D eigenvalue weighted by Crippen LogP contribution is 2.56. The Morgan fingerprint density at radius 3 is 2.70 bits per heavy atom. The third-order valence-electron chi connectivity index (χ3n) is 8.38. The molecule has 0 amide bonds. The molecule has 0 spiro atoms. The average Bonchev–Trinajstić information content (AvgIpc) is 3.46. The van der Waals surface area contributed by atoms with E-state index in [9.17, 15) is 5.11 Å². The minimum Gasteiger partial charge on any atom is -0.378 e. The number of fused-ring (bicyclic) bond motifs is 3. The quantitative estimate of drug-likeness (QED) is 0.698. The normalized spacial score (nSPS) is 43.7. The van der Waals surface area contributed by atoms with Gasteiger partial charge in [0.15, 0.2) is 0 Å². The highest BCUT2D eigenvalue weighted by molar-refractivity contribution is 8.00. The lowest BCUT2D eigenvalue weighted by molar-refractivity contribution is -0.00406. The maximum atomic E-state index is 10.9. The van der Waals surface area contributed by atoms with Crippen LogP contribution < -0.4 is 5.32 Å². The number of rotatable bonds is 5. The van der Waals surface area contributed by atoms with Crippen LogP contribution in [-0.4, -0.2) is 83.2 Å². The minimum atomic E-state index is -0.262. The Hall–Kier alpha value is -0.630. The summed E-state index contributed by atoms with van der Waals surface area (Å²) in [6, 6.07) is 1.17. The van der Waals surface area contributed by atoms with Crippen molar-refractivity contribution in [1.29, 1.82) is 0 Å². The molecule has 3 heterocycles. The number of aliphatic imine (C=N–C) groups is 2. The molecule has 3 aliphatic heterocycles. The first-order chi connectivity index (χ1) is 14.6. The van der Waals surface area contributed by atoms with Crippen molar-refractivity contribution in [2.75, 3.05) is 27.2 Å². The molecule has 5 aliphatic rings. The Morgan fingerprint density at radius 1 is 1.20 bits per heavy atom. The summed E-state index contributed by atoms with van der Waals surface area (Å²) < 4.78 is 0. The molecular formula is C23H39N5OS. The van der Waals surface area contributed by atoms with Gasteiger partial charge in [0.2, 0.25) is 0 Å². The molecule has 2 saturated carbocycles. The van der Waals surface area contributed by atoms with E-state index in [0.717, 1.165) is 19.5 Å². The molecule has 0 bridgehead atoms. The zero-order valence-electron chi connectivity index (χ0n) is 18.6. The second kappa shape index (κ2) is 9.08. The summed E-state index contributed by atoms with van der Waals surface area (Å²) in [5.74, 6) is 2.82. The Kier molecular flexibility index (Phi) is 6.43. The van der Waals surface area contributed by atoms with E-state index >= 15 is 0 Å². The highest BCUT2D eigenvalue weighted by Gasteiger charge is 2.54. The SMILES string of the molecule is CN(C)C1CCC(N=C2NC=NC3SC4CCC(CC(O)N5CCCC5)C4C23)CC1. The number of nitrogens with zero attached hydrogens (tertiary/aromatic N) is 4. The first kappa shape index (κ1) is 21.2. The van der Waals surface area contributed by atoms with Crippen molar-refractivity contribution >= 4 is 23.9 Å². The van der Waals surface area contributed by atoms with Gasteiger partial charge in [-0.05, 0) is 83.7 Å². The van der Waals surface area contributed by atoms with Gasteiger partial charge in [0.05, 0.1) is 18.3 Å². The third kappa shape index (κ3) is 4.19. The molecule has 6 nitrogen and oxygen atoms in total. The van der Waals surface area contributed by atoms with Gasteiger partial charge in [0.25, 0.3) is 0 Å². The summed E-state index contributed by atoms with van der Waals surface area (Å²) in [5.41, 5.74) is 0. The molecular weight excluding hydrogens is 394 g/mol. The van der Waals surface area contributed by atoms with Crippen LogP contribution in [0.5, 0.6) is 0 Å². The summed E-state index contributed by atoms with van der Waals surface area (Å²) in [4.78, 5) is 14.8. The average molecular weight is 434 g/mol. The van der Waals surface area contributed by atoms with E-state index in [0.29, 0.717) is 40.5 Å². The first-order valence-corrected chi connectivity index (χ1v) is 13.1. The van der Waals surface area contributed by atoms with Gasteiger partial charge in [0.1, 0.15) is 17.4 Å². The van der Waals surface area contributed by atoms with Crippen LogP contribution in [0.1, 0.15) is 57.8 Å². The first-order valence-electron chi connectivity index (χ1n) is 12.2. The standard InChI is InChI=1S/C23H39N5OS/c1-27(2)17-8-6-16(7-9-17)26-22-21-20-15(13-19(29)28-11-3-4-12-28)5-10-18(20)30-23(21)25-14-24-22/h14-21,23,29H,3-13H2,1-2H3,(H,24,25,26). The zero-order valence-corrected chi connectivity index (χ0v) is 19.4. The number of amidine groups is 1. The second-order valence-electron chi connectivity index (χ2n) is 10.3. The number of hydrogen-bond donors (Lipinski definition) is 2. The minimum absolute atomic E-state index is 0.262. The Bertz CT molecular complexity index is 656. The van der Waals surface area contributed by atoms with E-state index in [1.54, 1.807) is 0 Å². The van der Waals surface area contributed by atoms with E-state index < -0.39 is 0 Å². The predicted molar refractivity (Wildman–Crippen MR) is 125 cm³/mol. The van der Waals surface area contributed by atoms with Gasteiger partial charge in [0, 0.05) is 24.4 Å². The molecule has 168 valence electrons. The van der Waals surface area contributed by atoms with Gasteiger partial charge in [-0.15, -0.1) is 11.8 Å². The lowest BCUT2D eigenvalue weighted by atomic mass is 9.80. The van der Waals surface area contributed by atoms with Crippen molar-refractivity contribution in [3.05, 3.63) is 0 Å². The van der Waals surface area contributed by atoms with Crippen LogP contribution in [-0.2, 0) is 0 Å². The van der Waals surface area contributed by atoms with Crippen LogP contribution in [0.15, 0.2) is 9.98 Å². The van der Waals surface area contributed by atoms with Crippen molar-refractivity contribution in [2.45, 2.75) is 86.7 Å². The Balaban J connectivity index is 1.28. The van der Waals surface area contributed by atoms with Crippen LogP contribution in [0.2, 0.25) is 0 Å². The molecule has 2 N–H and O–H groups in total. The van der Waals surface area contributed by atoms with Gasteiger partial charge in [-0.1, -0.05) is 0 Å². The molecule has 0 aromatic rings. The molecule has 30 heavy (non-hydrogen) atoms. The summed E-state index contributed by atoms with van der Waals surface area (Å²) >= 11 is 2.08. The van der Waals surface area contributed by atoms with Gasteiger partial charge in [-0.2, -0.15) is 0 Å². The topological polar surface area (TPSA) is 63.5 Å². The van der Waals surface area contributed by atoms with Gasteiger partial charge >= 0.3 is 0 Å². The monoisotopic (exact) mass is 433 g/mol. The number of nitrogens with one attached hydrogen (secondary N) is 1. The van der Waals surface area contributed by atoms with E-state index in [2.05, 4.69) is 41.0 Å². The van der Waals surface area contributed by atoms with Crippen LogP contribution in [0.4, 0.5) is 0 Å². The van der Waals surface area contributed by atoms with Crippen molar-refractivity contribution in [3.63, 3.8) is 0 Å². The summed E-state index contributed by atoms with van der Waals surface area (Å²) in [6.07, 6.45) is 12.5. The van der Waals surface area contributed by atoms with Crippen molar-refractivity contribution in [1.82, 2.24) is 15.1 Å². The Labute approximate surface area is 186 Å². The lowest BCUT2D eigenvalue weighted by Gasteiger charge is -2.34. The number of hydrogen-bond acceptors (Lipinski definition) is 6. The molecule has 0 radical (unpaired) electrons. The third-order valence-corrected chi connectivity index (χ3v) is 9.97. The molecule has 2 aliphatic carbocycles. The van der Waals surface area contributed by atoms with E-state index in [4.69, 9.17) is 9.98 Å². The number of thioether (sulfide) groups is 1. The second-order valence-corrected chi connectivity index (χ2v) is 11.7. The van der Waals surface area contributed by atoms with Crippen LogP contribution in [0, 0.1) is 17.8 Å². The smallest absolute Gasteiger partial charge is 0.108 e. The predicted octanol–water partition coefficient (Wildman–Crippen LogP) is 2.78. The highest BCUT2D eigenvalue weighted by atomic mass is 32.2. The number of aliphatic hydroxyl groups excluding tert-OH is 1. The van der Waals surface area contributed by atoms with Crippen LogP contribution >= 0.6 is 11.8 Å². The van der Waals surface area contributed by atoms with Crippen LogP contribution in [0.3, 0.4) is 0 Å². The number of aliphatic hydroxyl groups is 1. The fourth-order valence-corrected chi connectivity index (χ4v) is 8.49. The molecule has 6 unspecified atom stereocenters. The molecule has 4 fully saturated rings. The summed E-state index contributed by atoms with van der Waals surface area (Å²) in [5, 5.41) is 15.3. The van der Waals surface area contributed by atoms with Gasteiger partial charge < -0.3 is 15.3 Å². The molecule has 5 rings (SSSR count). The molecule has 0 aromatic carbocycles. The zero-order chi connectivity index (χ0) is 20.7. The molecule has 0 aromatic heterocycles. The van der Waals surface area contributed by atoms with Crippen molar-refractivity contribution in [2.24, 2.45) is 27.7 Å². The van der Waals surface area contributed by atoms with Crippen LogP contribution in [0.25, 0.3) is 0 Å². The van der Waals surface area contributed by atoms with Gasteiger partial charge in [-0.25, -0.2) is 0 Å². The lowest BCUT2D eigenvalue weighted by Crippen LogP contribution is -2.44. The van der Waals surface area contributed by atoms with E-state index in [-0.39, 0.29) is 6.23 Å². The molecule has 6 atom stereocenters. The van der Waals surface area contributed by atoms with Crippen molar-refractivity contribution < 1.29 is 5.11 Å². The maximum Gasteiger partial charge on any atom is 0.108 e. The van der Waals surface area contributed by atoms with Crippen molar-refractivity contribution in [3.8, 4) is 0 Å². The summed E-state index contributed by atoms with van der Waals surface area (Å²) in [7, 11) is 4.40. The van der Waals surface area contributed by atoms with E-state index in [1.165, 1.54) is 57.2 Å². The fourth-order valence-electron chi connectivity index (χ4n) is 6.68. The van der Waals surface area contributed by atoms with E-state index in [1.807, 2.05) is 6.34 Å². The largest absolute Gasteiger partial charge is 0.378 e. The fraction of sp³-hybridized carbons (Fsp3) is 0.913. The molecule has 2 saturated heterocycles. The van der Waals surface area contributed by atoms with Gasteiger partial charge in [-0.3, -0.25) is 14.9 Å². The Morgan fingerprint density at radius 2 is 1.97 bits per heavy atom. The molecule has 7 heteroatoms. The number of likely N-dealkylation sites (tertiary alicyclic amines) is 1. The summed E-state index contributed by atoms with van der Waals surface area (Å²) in [6.45, 7) is 2.13.